The number of hydrogen-bond donors (Lipinski definition) is 0. The molecule has 6 nitrogen and oxygen atoms in total. The van der Waals surface area contributed by atoms with E-state index in [1.807, 2.05) is 13.0 Å². The van der Waals surface area contributed by atoms with Crippen LogP contribution in [0, 0.1) is 0 Å². The minimum atomic E-state index is -3.60. The van der Waals surface area contributed by atoms with Gasteiger partial charge in [-0.3, -0.25) is 4.79 Å². The second-order valence-corrected chi connectivity index (χ2v) is 8.45. The van der Waals surface area contributed by atoms with Gasteiger partial charge in [0.25, 0.3) is 5.91 Å². The van der Waals surface area contributed by atoms with Crippen LogP contribution in [0.2, 0.25) is 5.02 Å². The van der Waals surface area contributed by atoms with Crippen molar-refractivity contribution in [2.24, 2.45) is 0 Å². The molecule has 0 atom stereocenters. The SMILES string of the molecule is CCOc1ccccc1C(=O)N1CCN(S(=O)(=O)c2ccc(Cl)cc2)CC1. The van der Waals surface area contributed by atoms with Crippen LogP contribution >= 0.6 is 11.6 Å². The molecular weight excluding hydrogens is 388 g/mol. The van der Waals surface area contributed by atoms with Gasteiger partial charge < -0.3 is 9.64 Å². The second kappa shape index (κ2) is 8.29. The van der Waals surface area contributed by atoms with E-state index >= 15 is 0 Å². The number of carbonyl (C=O) groups is 1. The monoisotopic (exact) mass is 408 g/mol. The molecule has 2 aromatic rings. The Morgan fingerprint density at radius 2 is 1.67 bits per heavy atom. The average Bonchev–Trinajstić information content (AvgIpc) is 2.68. The number of ether oxygens (including phenoxy) is 1. The Hall–Kier alpha value is -2.09. The molecule has 144 valence electrons. The third-order valence-corrected chi connectivity index (χ3v) is 6.56. The van der Waals surface area contributed by atoms with Gasteiger partial charge in [-0.2, -0.15) is 4.31 Å². The number of hydrogen-bond acceptors (Lipinski definition) is 4. The van der Waals surface area contributed by atoms with Gasteiger partial charge in [0.1, 0.15) is 5.75 Å². The van der Waals surface area contributed by atoms with Crippen LogP contribution in [0.4, 0.5) is 0 Å². The highest BCUT2D eigenvalue weighted by Crippen LogP contribution is 2.23. The van der Waals surface area contributed by atoms with Crippen LogP contribution in [0.15, 0.2) is 53.4 Å². The lowest BCUT2D eigenvalue weighted by molar-refractivity contribution is 0.0693. The van der Waals surface area contributed by atoms with E-state index in [1.165, 1.54) is 16.4 Å². The maximum Gasteiger partial charge on any atom is 0.257 e. The first kappa shape index (κ1) is 19.7. The quantitative estimate of drug-likeness (QED) is 0.762. The Morgan fingerprint density at radius 3 is 2.30 bits per heavy atom. The van der Waals surface area contributed by atoms with E-state index in [0.29, 0.717) is 36.0 Å². The van der Waals surface area contributed by atoms with E-state index < -0.39 is 10.0 Å². The molecule has 0 aliphatic carbocycles. The molecule has 0 aromatic heterocycles. The molecule has 0 spiro atoms. The van der Waals surface area contributed by atoms with Gasteiger partial charge in [-0.15, -0.1) is 0 Å². The summed E-state index contributed by atoms with van der Waals surface area (Å²) in [7, 11) is -3.60. The summed E-state index contributed by atoms with van der Waals surface area (Å²) in [6, 6.07) is 13.2. The third kappa shape index (κ3) is 4.26. The first-order chi connectivity index (χ1) is 12.9. The van der Waals surface area contributed by atoms with Crippen molar-refractivity contribution in [3.63, 3.8) is 0 Å². The zero-order valence-corrected chi connectivity index (χ0v) is 16.5. The first-order valence-electron chi connectivity index (χ1n) is 8.70. The predicted octanol–water partition coefficient (Wildman–Crippen LogP) is 2.89. The minimum Gasteiger partial charge on any atom is -0.493 e. The van der Waals surface area contributed by atoms with Gasteiger partial charge in [-0.25, -0.2) is 8.42 Å². The number of benzene rings is 2. The van der Waals surface area contributed by atoms with Crippen molar-refractivity contribution in [1.29, 1.82) is 0 Å². The van der Waals surface area contributed by atoms with E-state index in [9.17, 15) is 13.2 Å². The Morgan fingerprint density at radius 1 is 1.04 bits per heavy atom. The smallest absolute Gasteiger partial charge is 0.257 e. The number of amides is 1. The number of sulfonamides is 1. The summed E-state index contributed by atoms with van der Waals surface area (Å²) in [6.07, 6.45) is 0. The summed E-state index contributed by atoms with van der Waals surface area (Å²) in [5, 5.41) is 0.484. The van der Waals surface area contributed by atoms with Crippen molar-refractivity contribution in [2.75, 3.05) is 32.8 Å². The van der Waals surface area contributed by atoms with E-state index in [-0.39, 0.29) is 23.9 Å². The normalized spacial score (nSPS) is 15.6. The Bertz CT molecular complexity index is 908. The maximum atomic E-state index is 12.8. The summed E-state index contributed by atoms with van der Waals surface area (Å²) >= 11 is 5.83. The molecule has 1 amide bonds. The molecule has 0 saturated carbocycles. The zero-order valence-electron chi connectivity index (χ0n) is 15.0. The third-order valence-electron chi connectivity index (χ3n) is 4.39. The fraction of sp³-hybridized carbons (Fsp3) is 0.316. The van der Waals surface area contributed by atoms with Crippen molar-refractivity contribution in [3.8, 4) is 5.75 Å². The van der Waals surface area contributed by atoms with Crippen LogP contribution in [-0.2, 0) is 10.0 Å². The van der Waals surface area contributed by atoms with Crippen LogP contribution in [0.1, 0.15) is 17.3 Å². The lowest BCUT2D eigenvalue weighted by atomic mass is 10.1. The number of halogens is 1. The van der Waals surface area contributed by atoms with Crippen molar-refractivity contribution in [2.45, 2.75) is 11.8 Å². The number of piperazine rings is 1. The second-order valence-electron chi connectivity index (χ2n) is 6.08. The number of carbonyl (C=O) groups excluding carboxylic acids is 1. The standard InChI is InChI=1S/C19H21ClN2O4S/c1-2-26-18-6-4-3-5-17(18)19(23)21-11-13-22(14-12-21)27(24,25)16-9-7-15(20)8-10-16/h3-10H,2,11-14H2,1H3. The van der Waals surface area contributed by atoms with Crippen molar-refractivity contribution >= 4 is 27.5 Å². The maximum absolute atomic E-state index is 12.8. The summed E-state index contributed by atoms with van der Waals surface area (Å²) in [6.45, 7) is 3.47. The number of rotatable bonds is 5. The van der Waals surface area contributed by atoms with Gasteiger partial charge in [0, 0.05) is 31.2 Å². The Balaban J connectivity index is 1.70. The molecule has 3 rings (SSSR count). The van der Waals surface area contributed by atoms with Crippen LogP contribution in [-0.4, -0.2) is 56.3 Å². The van der Waals surface area contributed by atoms with Gasteiger partial charge in [-0.05, 0) is 43.3 Å². The molecule has 1 fully saturated rings. The molecule has 0 N–H and O–H groups in total. The van der Waals surface area contributed by atoms with Crippen LogP contribution in [0.3, 0.4) is 0 Å². The summed E-state index contributed by atoms with van der Waals surface area (Å²) in [5.41, 5.74) is 0.494. The molecule has 0 radical (unpaired) electrons. The fourth-order valence-corrected chi connectivity index (χ4v) is 4.53. The molecule has 0 bridgehead atoms. The molecular formula is C19H21ClN2O4S. The van der Waals surface area contributed by atoms with Gasteiger partial charge in [0.15, 0.2) is 0 Å². The highest BCUT2D eigenvalue weighted by molar-refractivity contribution is 7.89. The Kier molecular flexibility index (Phi) is 6.04. The minimum absolute atomic E-state index is 0.150. The lowest BCUT2D eigenvalue weighted by Gasteiger charge is -2.34. The molecule has 0 unspecified atom stereocenters. The van der Waals surface area contributed by atoms with Gasteiger partial charge in [-0.1, -0.05) is 23.7 Å². The van der Waals surface area contributed by atoms with Crippen LogP contribution < -0.4 is 4.74 Å². The zero-order chi connectivity index (χ0) is 19.4. The summed E-state index contributed by atoms with van der Waals surface area (Å²) < 4.78 is 32.4. The van der Waals surface area contributed by atoms with E-state index in [1.54, 1.807) is 35.2 Å². The van der Waals surface area contributed by atoms with Gasteiger partial charge in [0.2, 0.25) is 10.0 Å². The first-order valence-corrected chi connectivity index (χ1v) is 10.5. The molecule has 1 saturated heterocycles. The fourth-order valence-electron chi connectivity index (χ4n) is 2.98. The molecule has 27 heavy (non-hydrogen) atoms. The van der Waals surface area contributed by atoms with Crippen molar-refractivity contribution in [3.05, 3.63) is 59.1 Å². The molecule has 8 heteroatoms. The molecule has 1 aliphatic rings. The predicted molar refractivity (Wildman–Crippen MR) is 104 cm³/mol. The van der Waals surface area contributed by atoms with E-state index in [2.05, 4.69) is 0 Å². The highest BCUT2D eigenvalue weighted by atomic mass is 35.5. The summed E-state index contributed by atoms with van der Waals surface area (Å²) in [4.78, 5) is 14.7. The highest BCUT2D eigenvalue weighted by Gasteiger charge is 2.31. The average molecular weight is 409 g/mol. The molecule has 1 heterocycles. The van der Waals surface area contributed by atoms with Gasteiger partial charge >= 0.3 is 0 Å². The van der Waals surface area contributed by atoms with Gasteiger partial charge in [0.05, 0.1) is 17.1 Å². The topological polar surface area (TPSA) is 66.9 Å². The molecule has 2 aromatic carbocycles. The number of nitrogens with zero attached hydrogens (tertiary/aromatic N) is 2. The lowest BCUT2D eigenvalue weighted by Crippen LogP contribution is -2.50. The molecule has 1 aliphatic heterocycles. The van der Waals surface area contributed by atoms with Crippen LogP contribution in [0.5, 0.6) is 5.75 Å². The van der Waals surface area contributed by atoms with E-state index in [4.69, 9.17) is 16.3 Å². The van der Waals surface area contributed by atoms with Crippen LogP contribution in [0.25, 0.3) is 0 Å². The number of para-hydroxylation sites is 1. The largest absolute Gasteiger partial charge is 0.493 e. The van der Waals surface area contributed by atoms with Crippen molar-refractivity contribution < 1.29 is 17.9 Å². The van der Waals surface area contributed by atoms with Crippen molar-refractivity contribution in [1.82, 2.24) is 9.21 Å². The summed E-state index contributed by atoms with van der Waals surface area (Å²) in [5.74, 6) is 0.392. The Labute approximate surface area is 164 Å². The van der Waals surface area contributed by atoms with E-state index in [0.717, 1.165) is 0 Å².